The SMILES string of the molecule is O=C(NCc1cccnc1-n1cccn1)[C@@H]1CCCN1S(=O)(=O)c1ccccc1. The lowest BCUT2D eigenvalue weighted by molar-refractivity contribution is -0.124. The van der Waals surface area contributed by atoms with Gasteiger partial charge in [-0.3, -0.25) is 4.79 Å². The Morgan fingerprint density at radius 1 is 1.10 bits per heavy atom. The molecule has 1 amide bonds. The lowest BCUT2D eigenvalue weighted by atomic mass is 10.2. The van der Waals surface area contributed by atoms with E-state index in [4.69, 9.17) is 0 Å². The molecule has 1 fully saturated rings. The van der Waals surface area contributed by atoms with Crippen LogP contribution in [0.4, 0.5) is 0 Å². The second kappa shape index (κ2) is 8.14. The maximum Gasteiger partial charge on any atom is 0.243 e. The van der Waals surface area contributed by atoms with E-state index in [-0.39, 0.29) is 17.3 Å². The summed E-state index contributed by atoms with van der Waals surface area (Å²) in [5.41, 5.74) is 0.792. The molecule has 1 saturated heterocycles. The van der Waals surface area contributed by atoms with Crippen LogP contribution in [0.25, 0.3) is 5.82 Å². The normalized spacial score (nSPS) is 17.3. The summed E-state index contributed by atoms with van der Waals surface area (Å²) in [4.78, 5) is 17.4. The van der Waals surface area contributed by atoms with Crippen molar-refractivity contribution in [3.8, 4) is 5.82 Å². The molecule has 2 aromatic heterocycles. The van der Waals surface area contributed by atoms with Gasteiger partial charge in [-0.2, -0.15) is 9.40 Å². The van der Waals surface area contributed by atoms with Gasteiger partial charge in [0.2, 0.25) is 15.9 Å². The smallest absolute Gasteiger partial charge is 0.243 e. The van der Waals surface area contributed by atoms with Crippen molar-refractivity contribution < 1.29 is 13.2 Å². The minimum absolute atomic E-state index is 0.202. The number of carbonyl (C=O) groups excluding carboxylic acids is 1. The number of hydrogen-bond donors (Lipinski definition) is 1. The van der Waals surface area contributed by atoms with Crippen LogP contribution in [0.5, 0.6) is 0 Å². The standard InChI is InChI=1S/C20H21N5O3S/c26-20(22-15-16-7-4-11-21-19(16)24-13-6-12-23-24)18-10-5-14-25(18)29(27,28)17-8-2-1-3-9-17/h1-4,6-9,11-13,18H,5,10,14-15H2,(H,22,26)/t18-/m0/s1. The lowest BCUT2D eigenvalue weighted by Gasteiger charge is -2.23. The van der Waals surface area contributed by atoms with E-state index in [1.54, 1.807) is 65.7 Å². The number of hydrogen-bond acceptors (Lipinski definition) is 5. The molecule has 3 heterocycles. The number of pyridine rings is 1. The Morgan fingerprint density at radius 3 is 2.69 bits per heavy atom. The molecule has 29 heavy (non-hydrogen) atoms. The number of aromatic nitrogens is 3. The third-order valence-electron chi connectivity index (χ3n) is 4.90. The van der Waals surface area contributed by atoms with Crippen LogP contribution in [0.15, 0.2) is 72.0 Å². The van der Waals surface area contributed by atoms with E-state index in [1.165, 1.54) is 4.31 Å². The molecule has 1 aliphatic rings. The number of nitrogens with one attached hydrogen (secondary N) is 1. The number of nitrogens with zero attached hydrogens (tertiary/aromatic N) is 4. The fourth-order valence-electron chi connectivity index (χ4n) is 3.49. The molecule has 9 heteroatoms. The van der Waals surface area contributed by atoms with Gasteiger partial charge < -0.3 is 5.32 Å². The second-order valence-corrected chi connectivity index (χ2v) is 8.63. The summed E-state index contributed by atoms with van der Waals surface area (Å²) in [5.74, 6) is 0.315. The van der Waals surface area contributed by atoms with Crippen molar-refractivity contribution in [3.05, 3.63) is 72.7 Å². The Labute approximate surface area is 169 Å². The van der Waals surface area contributed by atoms with Gasteiger partial charge in [-0.15, -0.1) is 0 Å². The summed E-state index contributed by atoms with van der Waals surface area (Å²) in [5, 5.41) is 7.05. The van der Waals surface area contributed by atoms with E-state index in [0.29, 0.717) is 25.2 Å². The third kappa shape index (κ3) is 3.92. The lowest BCUT2D eigenvalue weighted by Crippen LogP contribution is -2.45. The number of carbonyl (C=O) groups is 1. The first-order valence-corrected chi connectivity index (χ1v) is 10.8. The number of amides is 1. The van der Waals surface area contributed by atoms with Crippen LogP contribution in [-0.4, -0.2) is 46.0 Å². The molecule has 1 aromatic carbocycles. The Hall–Kier alpha value is -3.04. The van der Waals surface area contributed by atoms with Crippen molar-refractivity contribution in [2.24, 2.45) is 0 Å². The van der Waals surface area contributed by atoms with Gasteiger partial charge in [0.05, 0.1) is 4.90 Å². The van der Waals surface area contributed by atoms with Gasteiger partial charge in [-0.05, 0) is 37.1 Å². The fraction of sp³-hybridized carbons (Fsp3) is 0.250. The van der Waals surface area contributed by atoms with Crippen LogP contribution in [0, 0.1) is 0 Å². The fourth-order valence-corrected chi connectivity index (χ4v) is 5.16. The number of benzene rings is 1. The zero-order valence-corrected chi connectivity index (χ0v) is 16.5. The van der Waals surface area contributed by atoms with Crippen LogP contribution in [0.3, 0.4) is 0 Å². The van der Waals surface area contributed by atoms with E-state index >= 15 is 0 Å². The van der Waals surface area contributed by atoms with E-state index in [0.717, 1.165) is 5.56 Å². The van der Waals surface area contributed by atoms with Crippen LogP contribution in [0.2, 0.25) is 0 Å². The van der Waals surface area contributed by atoms with Crippen molar-refractivity contribution in [2.45, 2.75) is 30.3 Å². The Kier molecular flexibility index (Phi) is 5.41. The highest BCUT2D eigenvalue weighted by Crippen LogP contribution is 2.26. The van der Waals surface area contributed by atoms with Gasteiger partial charge in [0.15, 0.2) is 5.82 Å². The highest BCUT2D eigenvalue weighted by molar-refractivity contribution is 7.89. The van der Waals surface area contributed by atoms with E-state index in [1.807, 2.05) is 6.07 Å². The molecule has 1 atom stereocenters. The summed E-state index contributed by atoms with van der Waals surface area (Å²) in [7, 11) is -3.71. The first-order valence-electron chi connectivity index (χ1n) is 9.36. The highest BCUT2D eigenvalue weighted by Gasteiger charge is 2.39. The average Bonchev–Trinajstić information content (AvgIpc) is 3.45. The number of rotatable bonds is 6. The predicted molar refractivity (Wildman–Crippen MR) is 107 cm³/mol. The van der Waals surface area contributed by atoms with Crippen molar-refractivity contribution in [2.75, 3.05) is 6.54 Å². The van der Waals surface area contributed by atoms with E-state index in [2.05, 4.69) is 15.4 Å². The molecule has 0 saturated carbocycles. The third-order valence-corrected chi connectivity index (χ3v) is 6.82. The molecule has 150 valence electrons. The summed E-state index contributed by atoms with van der Waals surface area (Å²) in [6.07, 6.45) is 6.24. The van der Waals surface area contributed by atoms with Crippen molar-refractivity contribution in [3.63, 3.8) is 0 Å². The van der Waals surface area contributed by atoms with Crippen molar-refractivity contribution in [1.29, 1.82) is 0 Å². The van der Waals surface area contributed by atoms with E-state index < -0.39 is 16.1 Å². The molecule has 1 N–H and O–H groups in total. The van der Waals surface area contributed by atoms with Crippen LogP contribution in [0.1, 0.15) is 18.4 Å². The molecule has 4 rings (SSSR count). The van der Waals surface area contributed by atoms with Crippen LogP contribution >= 0.6 is 0 Å². The molecule has 0 bridgehead atoms. The largest absolute Gasteiger partial charge is 0.350 e. The zero-order valence-electron chi connectivity index (χ0n) is 15.7. The molecular formula is C20H21N5O3S. The topological polar surface area (TPSA) is 97.2 Å². The summed E-state index contributed by atoms with van der Waals surface area (Å²) in [6.45, 7) is 0.568. The quantitative estimate of drug-likeness (QED) is 0.666. The maximum atomic E-state index is 13.0. The van der Waals surface area contributed by atoms with Crippen molar-refractivity contribution in [1.82, 2.24) is 24.4 Å². The van der Waals surface area contributed by atoms with Gasteiger partial charge in [0.25, 0.3) is 0 Å². The van der Waals surface area contributed by atoms with Gasteiger partial charge in [0, 0.05) is 37.2 Å². The summed E-state index contributed by atoms with van der Waals surface area (Å²) < 4.78 is 28.8. The number of sulfonamides is 1. The van der Waals surface area contributed by atoms with Crippen LogP contribution < -0.4 is 5.32 Å². The molecule has 0 aliphatic carbocycles. The zero-order chi connectivity index (χ0) is 20.3. The second-order valence-electron chi connectivity index (χ2n) is 6.74. The predicted octanol–water partition coefficient (Wildman–Crippen LogP) is 1.74. The molecule has 0 spiro atoms. The van der Waals surface area contributed by atoms with Gasteiger partial charge in [-0.25, -0.2) is 18.1 Å². The van der Waals surface area contributed by atoms with Crippen molar-refractivity contribution >= 4 is 15.9 Å². The summed E-state index contributed by atoms with van der Waals surface area (Å²) in [6, 6.07) is 12.9. The van der Waals surface area contributed by atoms with E-state index in [9.17, 15) is 13.2 Å². The van der Waals surface area contributed by atoms with Gasteiger partial charge in [-0.1, -0.05) is 24.3 Å². The molecule has 1 aliphatic heterocycles. The minimum atomic E-state index is -3.71. The highest BCUT2D eigenvalue weighted by atomic mass is 32.2. The average molecular weight is 411 g/mol. The Morgan fingerprint density at radius 2 is 1.93 bits per heavy atom. The molecule has 0 radical (unpaired) electrons. The minimum Gasteiger partial charge on any atom is -0.350 e. The Bertz CT molecular complexity index is 1080. The Balaban J connectivity index is 1.49. The molecule has 0 unspecified atom stereocenters. The first kappa shape index (κ1) is 19.3. The maximum absolute atomic E-state index is 13.0. The molecule has 8 nitrogen and oxygen atoms in total. The first-order chi connectivity index (χ1) is 14.1. The van der Waals surface area contributed by atoms with Gasteiger partial charge >= 0.3 is 0 Å². The van der Waals surface area contributed by atoms with Gasteiger partial charge in [0.1, 0.15) is 6.04 Å². The molecule has 3 aromatic rings. The van der Waals surface area contributed by atoms with Crippen LogP contribution in [-0.2, 0) is 21.4 Å². The molecular weight excluding hydrogens is 390 g/mol. The summed E-state index contributed by atoms with van der Waals surface area (Å²) >= 11 is 0. The monoisotopic (exact) mass is 411 g/mol.